The molecule has 20 heavy (non-hydrogen) atoms. The van der Waals surface area contributed by atoms with Crippen LogP contribution in [-0.2, 0) is 0 Å². The number of rotatable bonds is 2. The fourth-order valence-electron chi connectivity index (χ4n) is 2.39. The van der Waals surface area contributed by atoms with E-state index in [4.69, 9.17) is 15.2 Å². The van der Waals surface area contributed by atoms with Crippen molar-refractivity contribution in [2.45, 2.75) is 6.92 Å². The van der Waals surface area contributed by atoms with Gasteiger partial charge in [0.15, 0.2) is 11.5 Å². The lowest BCUT2D eigenvalue weighted by atomic mass is 10.1. The van der Waals surface area contributed by atoms with E-state index in [-0.39, 0.29) is 0 Å². The summed E-state index contributed by atoms with van der Waals surface area (Å²) in [6.07, 6.45) is 1.74. The van der Waals surface area contributed by atoms with Gasteiger partial charge in [0.05, 0.1) is 19.7 Å². The Bertz CT molecular complexity index is 815. The zero-order valence-corrected chi connectivity index (χ0v) is 11.6. The molecule has 102 valence electrons. The fourth-order valence-corrected chi connectivity index (χ4v) is 2.39. The normalized spacial score (nSPS) is 10.9. The van der Waals surface area contributed by atoms with Crippen LogP contribution in [0.4, 0.5) is 5.82 Å². The fraction of sp³-hybridized carbons (Fsp3) is 0.200. The third kappa shape index (κ3) is 1.79. The van der Waals surface area contributed by atoms with Crippen LogP contribution < -0.4 is 15.2 Å². The first kappa shape index (κ1) is 12.5. The second kappa shape index (κ2) is 4.52. The van der Waals surface area contributed by atoms with Crippen molar-refractivity contribution < 1.29 is 9.47 Å². The molecule has 3 aromatic rings. The number of ether oxygens (including phenoxy) is 2. The van der Waals surface area contributed by atoms with E-state index < -0.39 is 0 Å². The molecule has 0 aliphatic rings. The molecule has 2 heterocycles. The van der Waals surface area contributed by atoms with Crippen LogP contribution in [-0.4, -0.2) is 24.2 Å². The molecule has 0 saturated carbocycles. The van der Waals surface area contributed by atoms with Gasteiger partial charge in [-0.25, -0.2) is 4.98 Å². The average Bonchev–Trinajstić information content (AvgIpc) is 2.45. The van der Waals surface area contributed by atoms with Crippen LogP contribution in [0.15, 0.2) is 24.4 Å². The summed E-state index contributed by atoms with van der Waals surface area (Å²) in [4.78, 5) is 8.70. The van der Waals surface area contributed by atoms with E-state index in [2.05, 4.69) is 9.97 Å². The SMILES string of the molecule is COc1cc2ncc3c(N)nc(C)cc3c2cc1OC. The van der Waals surface area contributed by atoms with Crippen LogP contribution in [0.3, 0.4) is 0 Å². The molecule has 3 rings (SSSR count). The van der Waals surface area contributed by atoms with Gasteiger partial charge in [0, 0.05) is 28.7 Å². The Labute approximate surface area is 116 Å². The molecule has 0 atom stereocenters. The molecule has 0 unspecified atom stereocenters. The lowest BCUT2D eigenvalue weighted by Crippen LogP contribution is -1.96. The molecular weight excluding hydrogens is 254 g/mol. The molecular formula is C15H15N3O2. The number of hydrogen-bond donors (Lipinski definition) is 1. The average molecular weight is 269 g/mol. The molecule has 0 amide bonds. The summed E-state index contributed by atoms with van der Waals surface area (Å²) in [6.45, 7) is 1.92. The summed E-state index contributed by atoms with van der Waals surface area (Å²) >= 11 is 0. The molecule has 1 aromatic carbocycles. The number of aromatic nitrogens is 2. The summed E-state index contributed by atoms with van der Waals surface area (Å²) in [5, 5.41) is 2.83. The van der Waals surface area contributed by atoms with E-state index in [0.29, 0.717) is 17.3 Å². The van der Waals surface area contributed by atoms with Gasteiger partial charge in [0.25, 0.3) is 0 Å². The maximum absolute atomic E-state index is 5.97. The van der Waals surface area contributed by atoms with Crippen LogP contribution >= 0.6 is 0 Å². The van der Waals surface area contributed by atoms with Crippen molar-refractivity contribution in [3.05, 3.63) is 30.1 Å². The van der Waals surface area contributed by atoms with E-state index in [1.165, 1.54) is 0 Å². The minimum Gasteiger partial charge on any atom is -0.493 e. The molecule has 0 aliphatic carbocycles. The number of pyridine rings is 2. The van der Waals surface area contributed by atoms with Crippen molar-refractivity contribution in [1.82, 2.24) is 9.97 Å². The Morgan fingerprint density at radius 1 is 0.950 bits per heavy atom. The smallest absolute Gasteiger partial charge is 0.162 e. The highest BCUT2D eigenvalue weighted by Crippen LogP contribution is 2.35. The first-order valence-corrected chi connectivity index (χ1v) is 6.21. The largest absolute Gasteiger partial charge is 0.493 e. The minimum atomic E-state index is 0.490. The van der Waals surface area contributed by atoms with Gasteiger partial charge in [-0.15, -0.1) is 0 Å². The van der Waals surface area contributed by atoms with Gasteiger partial charge in [-0.3, -0.25) is 4.98 Å². The minimum absolute atomic E-state index is 0.490. The number of anilines is 1. The molecule has 5 nitrogen and oxygen atoms in total. The second-order valence-corrected chi connectivity index (χ2v) is 4.59. The molecule has 0 aliphatic heterocycles. The third-order valence-corrected chi connectivity index (χ3v) is 3.34. The third-order valence-electron chi connectivity index (χ3n) is 3.34. The van der Waals surface area contributed by atoms with Gasteiger partial charge in [0.2, 0.25) is 0 Å². The predicted octanol–water partition coefficient (Wildman–Crippen LogP) is 2.69. The Balaban J connectivity index is 2.46. The molecule has 0 fully saturated rings. The van der Waals surface area contributed by atoms with Crippen LogP contribution in [0.5, 0.6) is 11.5 Å². The van der Waals surface area contributed by atoms with Gasteiger partial charge in [0.1, 0.15) is 5.82 Å². The number of nitrogen functional groups attached to an aromatic ring is 1. The van der Waals surface area contributed by atoms with Crippen LogP contribution in [0, 0.1) is 6.92 Å². The highest BCUT2D eigenvalue weighted by molar-refractivity contribution is 6.09. The van der Waals surface area contributed by atoms with E-state index in [1.54, 1.807) is 20.4 Å². The molecule has 2 N–H and O–H groups in total. The Hall–Kier alpha value is -2.56. The monoisotopic (exact) mass is 269 g/mol. The number of methoxy groups -OCH3 is 2. The number of benzene rings is 1. The van der Waals surface area contributed by atoms with Crippen LogP contribution in [0.25, 0.3) is 21.7 Å². The van der Waals surface area contributed by atoms with Gasteiger partial charge >= 0.3 is 0 Å². The second-order valence-electron chi connectivity index (χ2n) is 4.59. The molecule has 5 heteroatoms. The maximum Gasteiger partial charge on any atom is 0.162 e. The standard InChI is InChI=1S/C15H15N3O2/c1-8-4-9-10-5-13(19-2)14(20-3)6-12(10)17-7-11(9)15(16)18-8/h4-7H,1-3H3,(H2,16,18). The van der Waals surface area contributed by atoms with Crippen molar-refractivity contribution in [1.29, 1.82) is 0 Å². The summed E-state index contributed by atoms with van der Waals surface area (Å²) in [7, 11) is 3.22. The van der Waals surface area contributed by atoms with E-state index in [9.17, 15) is 0 Å². The summed E-state index contributed by atoms with van der Waals surface area (Å²) in [5.74, 6) is 1.82. The maximum atomic E-state index is 5.97. The summed E-state index contributed by atoms with van der Waals surface area (Å²) in [6, 6.07) is 5.78. The summed E-state index contributed by atoms with van der Waals surface area (Å²) < 4.78 is 10.7. The van der Waals surface area contributed by atoms with Crippen molar-refractivity contribution >= 4 is 27.5 Å². The molecule has 0 bridgehead atoms. The summed E-state index contributed by atoms with van der Waals surface area (Å²) in [5.41, 5.74) is 7.67. The Morgan fingerprint density at radius 3 is 2.35 bits per heavy atom. The number of fused-ring (bicyclic) bond motifs is 3. The highest BCUT2D eigenvalue weighted by atomic mass is 16.5. The van der Waals surface area contributed by atoms with E-state index in [1.807, 2.05) is 25.1 Å². The van der Waals surface area contributed by atoms with E-state index in [0.717, 1.165) is 27.4 Å². The molecule has 0 saturated heterocycles. The van der Waals surface area contributed by atoms with Crippen LogP contribution in [0.1, 0.15) is 5.69 Å². The van der Waals surface area contributed by atoms with Crippen molar-refractivity contribution in [3.63, 3.8) is 0 Å². The van der Waals surface area contributed by atoms with Crippen molar-refractivity contribution in [3.8, 4) is 11.5 Å². The lowest BCUT2D eigenvalue weighted by molar-refractivity contribution is 0.356. The molecule has 2 aromatic heterocycles. The zero-order chi connectivity index (χ0) is 14.3. The predicted molar refractivity (Wildman–Crippen MR) is 79.3 cm³/mol. The number of nitrogens with two attached hydrogens (primary N) is 1. The van der Waals surface area contributed by atoms with Gasteiger partial charge in [-0.1, -0.05) is 0 Å². The lowest BCUT2D eigenvalue weighted by Gasteiger charge is -2.11. The zero-order valence-electron chi connectivity index (χ0n) is 11.6. The van der Waals surface area contributed by atoms with Gasteiger partial charge < -0.3 is 15.2 Å². The molecule has 0 spiro atoms. The first-order chi connectivity index (χ1) is 9.63. The topological polar surface area (TPSA) is 70.3 Å². The molecule has 0 radical (unpaired) electrons. The number of nitrogens with zero attached hydrogens (tertiary/aromatic N) is 2. The number of hydrogen-bond acceptors (Lipinski definition) is 5. The Kier molecular flexibility index (Phi) is 2.82. The van der Waals surface area contributed by atoms with Crippen molar-refractivity contribution in [2.75, 3.05) is 20.0 Å². The van der Waals surface area contributed by atoms with Gasteiger partial charge in [-0.2, -0.15) is 0 Å². The number of aryl methyl sites for hydroxylation is 1. The van der Waals surface area contributed by atoms with E-state index >= 15 is 0 Å². The first-order valence-electron chi connectivity index (χ1n) is 6.21. The van der Waals surface area contributed by atoms with Crippen molar-refractivity contribution in [2.24, 2.45) is 0 Å². The Morgan fingerprint density at radius 2 is 1.65 bits per heavy atom. The highest BCUT2D eigenvalue weighted by Gasteiger charge is 2.11. The van der Waals surface area contributed by atoms with Crippen LogP contribution in [0.2, 0.25) is 0 Å². The van der Waals surface area contributed by atoms with Gasteiger partial charge in [-0.05, 0) is 24.4 Å². The quantitative estimate of drug-likeness (QED) is 0.724.